The topological polar surface area (TPSA) is 30.3 Å². The van der Waals surface area contributed by atoms with Crippen LogP contribution in [0.3, 0.4) is 0 Å². The van der Waals surface area contributed by atoms with Gasteiger partial charge in [0.25, 0.3) is 0 Å². The van der Waals surface area contributed by atoms with Crippen molar-refractivity contribution in [3.63, 3.8) is 0 Å². The number of nitrogens with zero attached hydrogens (tertiary/aromatic N) is 3. The van der Waals surface area contributed by atoms with Gasteiger partial charge in [0.15, 0.2) is 5.75 Å². The van der Waals surface area contributed by atoms with Gasteiger partial charge in [-0.15, -0.1) is 0 Å². The van der Waals surface area contributed by atoms with E-state index in [2.05, 4.69) is 24.8 Å². The van der Waals surface area contributed by atoms with Crippen LogP contribution in [0.1, 0.15) is 51.0 Å². The molecule has 2 heterocycles. The van der Waals surface area contributed by atoms with Crippen molar-refractivity contribution in [2.24, 2.45) is 7.05 Å². The van der Waals surface area contributed by atoms with E-state index in [4.69, 9.17) is 44.5 Å². The molecule has 2 aromatic carbocycles. The molecule has 0 spiro atoms. The van der Waals surface area contributed by atoms with Crippen LogP contribution in [0.5, 0.6) is 11.8 Å². The maximum Gasteiger partial charge on any atom is 0.302 e. The molecule has 1 aliphatic heterocycles. The van der Waals surface area contributed by atoms with Crippen molar-refractivity contribution < 1.29 is 4.74 Å². The van der Waals surface area contributed by atoms with E-state index in [1.807, 2.05) is 23.7 Å². The lowest BCUT2D eigenvalue weighted by Crippen LogP contribution is -2.18. The smallest absolute Gasteiger partial charge is 0.302 e. The highest BCUT2D eigenvalue weighted by molar-refractivity contribution is 6.40. The Bertz CT molecular complexity index is 1070. The molecule has 0 saturated carbocycles. The Labute approximate surface area is 192 Å². The molecule has 3 aromatic rings. The minimum absolute atomic E-state index is 0.439. The number of rotatable bonds is 6. The Morgan fingerprint density at radius 3 is 2.33 bits per heavy atom. The zero-order valence-corrected chi connectivity index (χ0v) is 19.8. The summed E-state index contributed by atoms with van der Waals surface area (Å²) in [6, 6.07) is 8.13. The molecule has 30 heavy (non-hydrogen) atoms. The van der Waals surface area contributed by atoms with E-state index in [1.165, 1.54) is 5.56 Å². The van der Waals surface area contributed by atoms with Crippen molar-refractivity contribution in [3.05, 3.63) is 44.9 Å². The Morgan fingerprint density at radius 1 is 1.00 bits per heavy atom. The molecule has 1 aromatic heterocycles. The van der Waals surface area contributed by atoms with Gasteiger partial charge in [0.2, 0.25) is 0 Å². The number of hydrogen-bond acceptors (Lipinski definition) is 3. The highest BCUT2D eigenvalue weighted by Gasteiger charge is 2.24. The summed E-state index contributed by atoms with van der Waals surface area (Å²) in [4.78, 5) is 6.93. The molecule has 7 heteroatoms. The summed E-state index contributed by atoms with van der Waals surface area (Å²) < 4.78 is 8.18. The van der Waals surface area contributed by atoms with Gasteiger partial charge < -0.3 is 9.64 Å². The third kappa shape index (κ3) is 3.74. The second kappa shape index (κ2) is 8.86. The molecular weight excluding hydrogens is 441 g/mol. The molecule has 0 atom stereocenters. The second-order valence-corrected chi connectivity index (χ2v) is 9.00. The van der Waals surface area contributed by atoms with Crippen molar-refractivity contribution in [2.45, 2.75) is 45.4 Å². The van der Waals surface area contributed by atoms with E-state index in [-0.39, 0.29) is 0 Å². The summed E-state index contributed by atoms with van der Waals surface area (Å²) >= 11 is 19.7. The third-order valence-electron chi connectivity index (χ3n) is 6.04. The lowest BCUT2D eigenvalue weighted by molar-refractivity contribution is 0.428. The first-order valence-corrected chi connectivity index (χ1v) is 11.6. The van der Waals surface area contributed by atoms with E-state index in [0.717, 1.165) is 55.5 Å². The van der Waals surface area contributed by atoms with Crippen LogP contribution < -0.4 is 9.64 Å². The average Bonchev–Trinajstić information content (AvgIpc) is 3.36. The predicted octanol–water partition coefficient (Wildman–Crippen LogP) is 7.83. The van der Waals surface area contributed by atoms with Gasteiger partial charge in [-0.1, -0.05) is 54.7 Å². The molecule has 0 bridgehead atoms. The summed E-state index contributed by atoms with van der Waals surface area (Å²) in [7, 11) is 1.96. The molecule has 4 rings (SSSR count). The number of ether oxygens (including phenoxy) is 1. The maximum atomic E-state index is 6.74. The van der Waals surface area contributed by atoms with Gasteiger partial charge in [-0.2, -0.15) is 4.98 Å². The van der Waals surface area contributed by atoms with E-state index < -0.39 is 0 Å². The van der Waals surface area contributed by atoms with Gasteiger partial charge in [0.1, 0.15) is 10.5 Å². The van der Waals surface area contributed by atoms with E-state index in [0.29, 0.717) is 32.7 Å². The number of anilines is 1. The van der Waals surface area contributed by atoms with Gasteiger partial charge >= 0.3 is 6.01 Å². The lowest BCUT2D eigenvalue weighted by atomic mass is 9.93. The molecule has 1 saturated heterocycles. The van der Waals surface area contributed by atoms with Crippen molar-refractivity contribution in [1.82, 2.24) is 9.55 Å². The summed E-state index contributed by atoms with van der Waals surface area (Å²) in [5.74, 6) is 0.982. The highest BCUT2D eigenvalue weighted by Crippen LogP contribution is 2.43. The zero-order valence-electron chi connectivity index (χ0n) is 17.5. The predicted molar refractivity (Wildman–Crippen MR) is 127 cm³/mol. The lowest BCUT2D eigenvalue weighted by Gasteiger charge is -2.22. The fraction of sp³-hybridized carbons (Fsp3) is 0.435. The van der Waals surface area contributed by atoms with Gasteiger partial charge in [-0.05, 0) is 55.4 Å². The number of aryl methyl sites for hydroxylation is 1. The number of fused-ring (bicyclic) bond motifs is 1. The monoisotopic (exact) mass is 465 g/mol. The Balaban J connectivity index is 1.78. The number of imidazole rings is 1. The Kier molecular flexibility index (Phi) is 6.38. The number of hydrogen-bond donors (Lipinski definition) is 0. The number of halogens is 3. The number of aromatic nitrogens is 2. The summed E-state index contributed by atoms with van der Waals surface area (Å²) in [5.41, 5.74) is 3.84. The Morgan fingerprint density at radius 2 is 1.67 bits per heavy atom. The number of benzene rings is 2. The first-order chi connectivity index (χ1) is 14.5. The largest absolute Gasteiger partial charge is 0.424 e. The van der Waals surface area contributed by atoms with Crippen LogP contribution in [0, 0.1) is 0 Å². The van der Waals surface area contributed by atoms with Crippen LogP contribution in [0.4, 0.5) is 5.69 Å². The summed E-state index contributed by atoms with van der Waals surface area (Å²) in [6.45, 7) is 6.30. The van der Waals surface area contributed by atoms with Crippen LogP contribution in [0.25, 0.3) is 11.0 Å². The van der Waals surface area contributed by atoms with Crippen molar-refractivity contribution in [1.29, 1.82) is 0 Å². The third-order valence-corrected chi connectivity index (χ3v) is 7.02. The normalized spacial score (nSPS) is 14.3. The second-order valence-electron chi connectivity index (χ2n) is 7.80. The van der Waals surface area contributed by atoms with Crippen LogP contribution in [0.15, 0.2) is 24.3 Å². The molecule has 160 valence electrons. The summed E-state index contributed by atoms with van der Waals surface area (Å²) in [6.07, 6.45) is 4.38. The molecule has 0 N–H and O–H groups in total. The van der Waals surface area contributed by atoms with E-state index in [9.17, 15) is 0 Å². The van der Waals surface area contributed by atoms with E-state index >= 15 is 0 Å². The van der Waals surface area contributed by atoms with Gasteiger partial charge in [-0.25, -0.2) is 0 Å². The molecule has 1 aliphatic rings. The highest BCUT2D eigenvalue weighted by atomic mass is 35.5. The van der Waals surface area contributed by atoms with Crippen LogP contribution in [-0.4, -0.2) is 22.6 Å². The molecule has 1 fully saturated rings. The van der Waals surface area contributed by atoms with Gasteiger partial charge in [0, 0.05) is 20.1 Å². The van der Waals surface area contributed by atoms with Crippen molar-refractivity contribution in [2.75, 3.05) is 18.0 Å². The van der Waals surface area contributed by atoms with Crippen molar-refractivity contribution >= 4 is 51.5 Å². The Hall–Kier alpha value is -1.62. The van der Waals surface area contributed by atoms with Crippen LogP contribution in [-0.2, 0) is 7.05 Å². The maximum absolute atomic E-state index is 6.74. The van der Waals surface area contributed by atoms with Crippen molar-refractivity contribution in [3.8, 4) is 11.8 Å². The minimum Gasteiger partial charge on any atom is -0.424 e. The molecule has 0 radical (unpaired) electrons. The minimum atomic E-state index is 0.439. The fourth-order valence-corrected chi connectivity index (χ4v) is 5.22. The first kappa shape index (κ1) is 21.6. The van der Waals surface area contributed by atoms with Crippen LogP contribution in [0.2, 0.25) is 15.1 Å². The molecular formula is C23H26Cl3N3O. The SMILES string of the molecule is CCC(CC)c1ccc(Cl)c2nc(Oc3ccc(Cl)c(N4CCCC4)c3Cl)n(C)c12. The molecule has 0 unspecified atom stereocenters. The summed E-state index contributed by atoms with van der Waals surface area (Å²) in [5, 5.41) is 1.77. The standard InChI is InChI=1S/C23H26Cl3N3O/c1-4-14(5-2)15-8-9-16(24)20-21(15)28(3)23(27-20)30-18-11-10-17(25)22(19(18)26)29-12-6-7-13-29/h8-11,14H,4-7,12-13H2,1-3H3. The fourth-order valence-electron chi connectivity index (χ4n) is 4.38. The molecule has 4 nitrogen and oxygen atoms in total. The molecule has 0 aliphatic carbocycles. The van der Waals surface area contributed by atoms with Gasteiger partial charge in [0.05, 0.1) is 21.2 Å². The quantitative estimate of drug-likeness (QED) is 0.371. The average molecular weight is 467 g/mol. The first-order valence-electron chi connectivity index (χ1n) is 10.5. The van der Waals surface area contributed by atoms with E-state index in [1.54, 1.807) is 6.07 Å². The van der Waals surface area contributed by atoms with Crippen LogP contribution >= 0.6 is 34.8 Å². The molecule has 0 amide bonds. The van der Waals surface area contributed by atoms with Gasteiger partial charge in [-0.3, -0.25) is 4.57 Å². The zero-order chi connectivity index (χ0) is 21.4.